The molecule has 1 saturated carbocycles. The standard InChI is InChI=1S/C16H19N3O2/c1-16(9-21-10-16)8-17-15(20)13-12-4-2-3-7-19(12)14(18-13)11-5-6-11/h2-4,7,11H,5-6,8-10H2,1H3,(H,17,20)/p+1. The number of pyridine rings is 1. The number of hydrogen-bond donors (Lipinski definition) is 2. The lowest BCUT2D eigenvalue weighted by molar-refractivity contribution is -0.521. The maximum Gasteiger partial charge on any atom is 0.295 e. The maximum absolute atomic E-state index is 12.5. The number of carbonyl (C=O) groups is 1. The van der Waals surface area contributed by atoms with Crippen LogP contribution in [-0.4, -0.2) is 30.6 Å². The second-order valence-electron chi connectivity index (χ2n) is 6.60. The number of aromatic nitrogens is 2. The largest absolute Gasteiger partial charge is 0.380 e. The second-order valence-corrected chi connectivity index (χ2v) is 6.60. The molecule has 2 aromatic heterocycles. The van der Waals surface area contributed by atoms with Crippen molar-refractivity contribution in [3.8, 4) is 0 Å². The molecule has 1 saturated heterocycles. The summed E-state index contributed by atoms with van der Waals surface area (Å²) >= 11 is 0. The Labute approximate surface area is 123 Å². The van der Waals surface area contributed by atoms with E-state index in [9.17, 15) is 4.79 Å². The van der Waals surface area contributed by atoms with Crippen LogP contribution in [0.1, 0.15) is 42.0 Å². The predicted molar refractivity (Wildman–Crippen MR) is 77.2 cm³/mol. The minimum atomic E-state index is -0.0290. The SMILES string of the molecule is CC1(CNC(=O)c2[nH]c(C3CC3)[n+]3ccccc23)COC1. The highest BCUT2D eigenvalue weighted by molar-refractivity contribution is 5.98. The summed E-state index contributed by atoms with van der Waals surface area (Å²) in [6, 6.07) is 5.96. The van der Waals surface area contributed by atoms with Crippen LogP contribution in [0.15, 0.2) is 24.4 Å². The summed E-state index contributed by atoms with van der Waals surface area (Å²) in [5, 5.41) is 3.04. The van der Waals surface area contributed by atoms with Gasteiger partial charge in [-0.15, -0.1) is 0 Å². The Hall–Kier alpha value is -1.88. The first-order valence-electron chi connectivity index (χ1n) is 7.54. The van der Waals surface area contributed by atoms with Crippen molar-refractivity contribution in [3.63, 3.8) is 0 Å². The normalized spacial score (nSPS) is 20.2. The van der Waals surface area contributed by atoms with Gasteiger partial charge in [0.25, 0.3) is 11.7 Å². The Kier molecular flexibility index (Phi) is 2.79. The summed E-state index contributed by atoms with van der Waals surface area (Å²) < 4.78 is 7.34. The van der Waals surface area contributed by atoms with E-state index in [1.807, 2.05) is 24.4 Å². The van der Waals surface area contributed by atoms with E-state index < -0.39 is 0 Å². The lowest BCUT2D eigenvalue weighted by atomic mass is 9.89. The van der Waals surface area contributed by atoms with Gasteiger partial charge in [-0.3, -0.25) is 4.79 Å². The number of fused-ring (bicyclic) bond motifs is 1. The fourth-order valence-electron chi connectivity index (χ4n) is 2.87. The first kappa shape index (κ1) is 12.8. The van der Waals surface area contributed by atoms with Crippen LogP contribution in [0, 0.1) is 5.41 Å². The monoisotopic (exact) mass is 286 g/mol. The number of H-pyrrole nitrogens is 1. The quantitative estimate of drug-likeness (QED) is 0.835. The van der Waals surface area contributed by atoms with Crippen molar-refractivity contribution in [3.05, 3.63) is 35.9 Å². The molecule has 2 N–H and O–H groups in total. The molecule has 0 aromatic carbocycles. The molecule has 0 bridgehead atoms. The summed E-state index contributed by atoms with van der Waals surface area (Å²) in [6.07, 6.45) is 4.43. The molecule has 2 aliphatic rings. The number of nitrogens with one attached hydrogen (secondary N) is 2. The summed E-state index contributed by atoms with van der Waals surface area (Å²) in [5.41, 5.74) is 1.71. The molecule has 21 heavy (non-hydrogen) atoms. The molecule has 0 radical (unpaired) electrons. The Morgan fingerprint density at radius 3 is 2.95 bits per heavy atom. The zero-order valence-electron chi connectivity index (χ0n) is 12.2. The van der Waals surface area contributed by atoms with E-state index in [0.717, 1.165) is 24.6 Å². The van der Waals surface area contributed by atoms with Crippen molar-refractivity contribution in [2.45, 2.75) is 25.7 Å². The van der Waals surface area contributed by atoms with Crippen molar-refractivity contribution in [1.82, 2.24) is 10.3 Å². The fourth-order valence-corrected chi connectivity index (χ4v) is 2.87. The minimum absolute atomic E-state index is 0.0290. The van der Waals surface area contributed by atoms with Crippen LogP contribution >= 0.6 is 0 Å². The zero-order chi connectivity index (χ0) is 14.4. The van der Waals surface area contributed by atoms with Gasteiger partial charge in [-0.2, -0.15) is 4.40 Å². The molecule has 1 amide bonds. The number of amides is 1. The van der Waals surface area contributed by atoms with E-state index in [1.54, 1.807) is 0 Å². The molecule has 0 spiro atoms. The number of rotatable bonds is 4. The highest BCUT2D eigenvalue weighted by atomic mass is 16.5. The maximum atomic E-state index is 12.5. The number of aromatic amines is 1. The minimum Gasteiger partial charge on any atom is -0.380 e. The number of hydrogen-bond acceptors (Lipinski definition) is 2. The van der Waals surface area contributed by atoms with Crippen molar-refractivity contribution < 1.29 is 13.9 Å². The van der Waals surface area contributed by atoms with Crippen LogP contribution in [0.3, 0.4) is 0 Å². The van der Waals surface area contributed by atoms with Crippen LogP contribution in [0.2, 0.25) is 0 Å². The lowest BCUT2D eigenvalue weighted by Crippen LogP contribution is -2.48. The second kappa shape index (κ2) is 4.56. The van der Waals surface area contributed by atoms with Crippen molar-refractivity contribution in [1.29, 1.82) is 0 Å². The van der Waals surface area contributed by atoms with Crippen LogP contribution in [0.5, 0.6) is 0 Å². The summed E-state index contributed by atoms with van der Waals surface area (Å²) in [6.45, 7) is 4.23. The molecule has 3 heterocycles. The topological polar surface area (TPSA) is 58.2 Å². The van der Waals surface area contributed by atoms with Gasteiger partial charge in [0.1, 0.15) is 0 Å². The lowest BCUT2D eigenvalue weighted by Gasteiger charge is -2.37. The summed E-state index contributed by atoms with van der Waals surface area (Å²) in [4.78, 5) is 15.8. The zero-order valence-corrected chi connectivity index (χ0v) is 12.2. The number of imidazole rings is 1. The molecule has 110 valence electrons. The fraction of sp³-hybridized carbons (Fsp3) is 0.500. The average molecular weight is 286 g/mol. The van der Waals surface area contributed by atoms with E-state index >= 15 is 0 Å². The van der Waals surface area contributed by atoms with E-state index in [2.05, 4.69) is 21.6 Å². The number of carbonyl (C=O) groups excluding carboxylic acids is 1. The first-order valence-corrected chi connectivity index (χ1v) is 7.54. The predicted octanol–water partition coefficient (Wildman–Crippen LogP) is 1.40. The van der Waals surface area contributed by atoms with Gasteiger partial charge < -0.3 is 10.1 Å². The molecular weight excluding hydrogens is 266 g/mol. The summed E-state index contributed by atoms with van der Waals surface area (Å²) in [5.74, 6) is 1.69. The van der Waals surface area contributed by atoms with Gasteiger partial charge in [0.2, 0.25) is 5.69 Å². The molecule has 0 atom stereocenters. The molecular formula is C16H20N3O2+. The molecule has 1 aliphatic carbocycles. The third kappa shape index (κ3) is 2.21. The van der Waals surface area contributed by atoms with Gasteiger partial charge in [0.05, 0.1) is 25.3 Å². The molecule has 5 heteroatoms. The van der Waals surface area contributed by atoms with Gasteiger partial charge in [0, 0.05) is 12.0 Å². The van der Waals surface area contributed by atoms with Crippen LogP contribution < -0.4 is 9.72 Å². The van der Waals surface area contributed by atoms with Crippen LogP contribution in [0.4, 0.5) is 0 Å². The Bertz CT molecular complexity index is 699. The van der Waals surface area contributed by atoms with Gasteiger partial charge in [-0.1, -0.05) is 13.0 Å². The van der Waals surface area contributed by atoms with Gasteiger partial charge in [-0.05, 0) is 25.0 Å². The number of nitrogens with zero attached hydrogens (tertiary/aromatic N) is 1. The molecule has 0 unspecified atom stereocenters. The van der Waals surface area contributed by atoms with E-state index in [1.165, 1.54) is 12.8 Å². The van der Waals surface area contributed by atoms with Crippen molar-refractivity contribution in [2.75, 3.05) is 19.8 Å². The van der Waals surface area contributed by atoms with Gasteiger partial charge >= 0.3 is 0 Å². The molecule has 2 fully saturated rings. The number of ether oxygens (including phenoxy) is 1. The van der Waals surface area contributed by atoms with Crippen molar-refractivity contribution in [2.24, 2.45) is 5.41 Å². The van der Waals surface area contributed by atoms with Gasteiger partial charge in [-0.25, -0.2) is 4.98 Å². The third-order valence-electron chi connectivity index (χ3n) is 4.40. The third-order valence-corrected chi connectivity index (χ3v) is 4.40. The van der Waals surface area contributed by atoms with E-state index in [0.29, 0.717) is 18.2 Å². The van der Waals surface area contributed by atoms with E-state index in [4.69, 9.17) is 4.74 Å². The van der Waals surface area contributed by atoms with Crippen LogP contribution in [-0.2, 0) is 4.74 Å². The molecule has 2 aromatic rings. The van der Waals surface area contributed by atoms with Crippen LogP contribution in [0.25, 0.3) is 5.52 Å². The highest BCUT2D eigenvalue weighted by Gasteiger charge is 2.37. The molecule has 5 nitrogen and oxygen atoms in total. The molecule has 4 rings (SSSR count). The summed E-state index contributed by atoms with van der Waals surface area (Å²) in [7, 11) is 0. The first-order chi connectivity index (χ1) is 10.2. The molecule has 1 aliphatic heterocycles. The smallest absolute Gasteiger partial charge is 0.295 e. The Balaban J connectivity index is 1.61. The Morgan fingerprint density at radius 2 is 2.29 bits per heavy atom. The van der Waals surface area contributed by atoms with Crippen molar-refractivity contribution >= 4 is 11.4 Å². The Morgan fingerprint density at radius 1 is 1.48 bits per heavy atom. The average Bonchev–Trinajstić information content (AvgIpc) is 3.23. The highest BCUT2D eigenvalue weighted by Crippen LogP contribution is 2.38. The van der Waals surface area contributed by atoms with Gasteiger partial charge in [0.15, 0.2) is 5.52 Å². The van der Waals surface area contributed by atoms with E-state index in [-0.39, 0.29) is 11.3 Å².